The molecule has 1 aromatic heterocycles. The topological polar surface area (TPSA) is 53.1 Å². The van der Waals surface area contributed by atoms with Crippen molar-refractivity contribution in [2.45, 2.75) is 6.92 Å². The average Bonchev–Trinajstić information content (AvgIpc) is 2.43. The van der Waals surface area contributed by atoms with Crippen molar-refractivity contribution in [3.05, 3.63) is 33.0 Å². The molecule has 0 radical (unpaired) electrons. The number of aromatic amines is 1. The largest absolute Gasteiger partial charge is 0.477 e. The van der Waals surface area contributed by atoms with Gasteiger partial charge < -0.3 is 10.1 Å². The Labute approximate surface area is 94.3 Å². The summed E-state index contributed by atoms with van der Waals surface area (Å²) in [5.74, 6) is -0.914. The van der Waals surface area contributed by atoms with Crippen LogP contribution in [0.2, 0.25) is 0 Å². The molecule has 1 aromatic carbocycles. The molecule has 0 unspecified atom stereocenters. The van der Waals surface area contributed by atoms with E-state index in [0.29, 0.717) is 0 Å². The monoisotopic (exact) mass is 301 g/mol. The second kappa shape index (κ2) is 3.27. The maximum absolute atomic E-state index is 10.8. The van der Waals surface area contributed by atoms with E-state index < -0.39 is 5.97 Å². The van der Waals surface area contributed by atoms with Crippen LogP contribution >= 0.6 is 22.6 Å². The summed E-state index contributed by atoms with van der Waals surface area (Å²) >= 11 is 2.05. The standard InChI is InChI=1S/C10H8INO2/c1-5-2-3-6-7(4-5)12-9(8(6)11)10(13)14/h2-4,12H,1H3,(H,13,14). The molecule has 2 aromatic rings. The fourth-order valence-corrected chi connectivity index (χ4v) is 2.26. The molecule has 3 nitrogen and oxygen atoms in total. The molecule has 0 saturated heterocycles. The highest BCUT2D eigenvalue weighted by atomic mass is 127. The molecule has 0 fully saturated rings. The van der Waals surface area contributed by atoms with E-state index in [1.54, 1.807) is 0 Å². The SMILES string of the molecule is Cc1ccc2c(I)c(C(=O)O)[nH]c2c1. The Morgan fingerprint density at radius 2 is 2.21 bits per heavy atom. The van der Waals surface area contributed by atoms with Gasteiger partial charge in [0.25, 0.3) is 0 Å². The van der Waals surface area contributed by atoms with Crippen molar-refractivity contribution >= 4 is 39.5 Å². The molecule has 0 amide bonds. The summed E-state index contributed by atoms with van der Waals surface area (Å²) in [6, 6.07) is 5.86. The van der Waals surface area contributed by atoms with Crippen molar-refractivity contribution in [2.75, 3.05) is 0 Å². The Morgan fingerprint density at radius 3 is 2.86 bits per heavy atom. The van der Waals surface area contributed by atoms with Gasteiger partial charge in [-0.05, 0) is 41.1 Å². The van der Waals surface area contributed by atoms with Gasteiger partial charge in [0.2, 0.25) is 0 Å². The van der Waals surface area contributed by atoms with Crippen LogP contribution in [0.25, 0.3) is 10.9 Å². The Kier molecular flexibility index (Phi) is 2.22. The highest BCUT2D eigenvalue weighted by Gasteiger charge is 2.14. The third-order valence-electron chi connectivity index (χ3n) is 2.10. The van der Waals surface area contributed by atoms with Crippen LogP contribution in [-0.2, 0) is 0 Å². The first kappa shape index (κ1) is 9.51. The minimum Gasteiger partial charge on any atom is -0.477 e. The minimum absolute atomic E-state index is 0.270. The molecule has 1 heterocycles. The van der Waals surface area contributed by atoms with E-state index in [1.165, 1.54) is 0 Å². The number of carboxylic acid groups (broad SMARTS) is 1. The van der Waals surface area contributed by atoms with E-state index in [4.69, 9.17) is 5.11 Å². The predicted octanol–water partition coefficient (Wildman–Crippen LogP) is 2.78. The van der Waals surface area contributed by atoms with Gasteiger partial charge in [-0.3, -0.25) is 0 Å². The second-order valence-corrected chi connectivity index (χ2v) is 4.25. The molecule has 4 heteroatoms. The second-order valence-electron chi connectivity index (χ2n) is 3.17. The van der Waals surface area contributed by atoms with Crippen molar-refractivity contribution < 1.29 is 9.90 Å². The van der Waals surface area contributed by atoms with E-state index in [-0.39, 0.29) is 5.69 Å². The normalized spacial score (nSPS) is 10.7. The number of carboxylic acids is 1. The van der Waals surface area contributed by atoms with E-state index >= 15 is 0 Å². The smallest absolute Gasteiger partial charge is 0.353 e. The molecular weight excluding hydrogens is 293 g/mol. The van der Waals surface area contributed by atoms with Gasteiger partial charge in [-0.15, -0.1) is 0 Å². The van der Waals surface area contributed by atoms with Crippen LogP contribution in [0.4, 0.5) is 0 Å². The van der Waals surface area contributed by atoms with Crippen molar-refractivity contribution in [2.24, 2.45) is 0 Å². The number of hydrogen-bond acceptors (Lipinski definition) is 1. The Bertz CT molecular complexity index is 516. The summed E-state index contributed by atoms with van der Waals surface area (Å²) in [6.07, 6.45) is 0. The molecular formula is C10H8INO2. The van der Waals surface area contributed by atoms with Crippen molar-refractivity contribution in [3.8, 4) is 0 Å². The van der Waals surface area contributed by atoms with E-state index in [9.17, 15) is 4.79 Å². The van der Waals surface area contributed by atoms with Crippen molar-refractivity contribution in [3.63, 3.8) is 0 Å². The van der Waals surface area contributed by atoms with E-state index in [2.05, 4.69) is 4.98 Å². The number of hydrogen-bond donors (Lipinski definition) is 2. The molecule has 0 aliphatic heterocycles. The fourth-order valence-electron chi connectivity index (χ4n) is 1.42. The Balaban J connectivity index is 2.79. The lowest BCUT2D eigenvalue weighted by Gasteiger charge is -1.91. The summed E-state index contributed by atoms with van der Waals surface area (Å²) in [5.41, 5.74) is 2.27. The maximum atomic E-state index is 10.8. The number of nitrogens with one attached hydrogen (secondary N) is 1. The molecule has 2 N–H and O–H groups in total. The highest BCUT2D eigenvalue weighted by molar-refractivity contribution is 14.1. The lowest BCUT2D eigenvalue weighted by Crippen LogP contribution is -1.97. The lowest BCUT2D eigenvalue weighted by atomic mass is 10.2. The highest BCUT2D eigenvalue weighted by Crippen LogP contribution is 2.24. The van der Waals surface area contributed by atoms with Crippen LogP contribution in [0, 0.1) is 10.5 Å². The first-order valence-electron chi connectivity index (χ1n) is 4.10. The molecule has 2 rings (SSSR count). The number of halogens is 1. The average molecular weight is 301 g/mol. The summed E-state index contributed by atoms with van der Waals surface area (Å²) in [6.45, 7) is 1.98. The quantitative estimate of drug-likeness (QED) is 0.796. The molecule has 0 bridgehead atoms. The molecule has 0 atom stereocenters. The maximum Gasteiger partial charge on any atom is 0.353 e. The van der Waals surface area contributed by atoms with Gasteiger partial charge in [-0.1, -0.05) is 12.1 Å². The zero-order chi connectivity index (χ0) is 10.3. The van der Waals surface area contributed by atoms with Crippen molar-refractivity contribution in [1.82, 2.24) is 4.98 Å². The van der Waals surface area contributed by atoms with E-state index in [1.807, 2.05) is 47.7 Å². The first-order valence-corrected chi connectivity index (χ1v) is 5.18. The summed E-state index contributed by atoms with van der Waals surface area (Å²) in [5, 5.41) is 9.87. The van der Waals surface area contributed by atoms with Gasteiger partial charge in [-0.25, -0.2) is 4.79 Å². The zero-order valence-corrected chi connectivity index (χ0v) is 9.62. The van der Waals surface area contributed by atoms with Gasteiger partial charge in [-0.2, -0.15) is 0 Å². The Hall–Kier alpha value is -1.04. The number of aromatic carboxylic acids is 1. The zero-order valence-electron chi connectivity index (χ0n) is 7.47. The number of fused-ring (bicyclic) bond motifs is 1. The predicted molar refractivity (Wildman–Crippen MR) is 62.7 cm³/mol. The Morgan fingerprint density at radius 1 is 1.50 bits per heavy atom. The fraction of sp³-hybridized carbons (Fsp3) is 0.100. The van der Waals surface area contributed by atoms with Gasteiger partial charge in [0.1, 0.15) is 5.69 Å². The van der Waals surface area contributed by atoms with Gasteiger partial charge in [0.05, 0.1) is 3.57 Å². The van der Waals surface area contributed by atoms with Crippen LogP contribution in [-0.4, -0.2) is 16.1 Å². The summed E-state index contributed by atoms with van der Waals surface area (Å²) < 4.78 is 0.769. The third-order valence-corrected chi connectivity index (χ3v) is 3.23. The van der Waals surface area contributed by atoms with Crippen LogP contribution in [0.1, 0.15) is 16.1 Å². The van der Waals surface area contributed by atoms with Gasteiger partial charge in [0.15, 0.2) is 0 Å². The third kappa shape index (κ3) is 1.39. The van der Waals surface area contributed by atoms with Crippen molar-refractivity contribution in [1.29, 1.82) is 0 Å². The number of rotatable bonds is 1. The molecule has 72 valence electrons. The first-order chi connectivity index (χ1) is 6.59. The van der Waals surface area contributed by atoms with Crippen LogP contribution in [0.5, 0.6) is 0 Å². The van der Waals surface area contributed by atoms with Crippen LogP contribution in [0.3, 0.4) is 0 Å². The van der Waals surface area contributed by atoms with E-state index in [0.717, 1.165) is 20.0 Å². The number of carbonyl (C=O) groups is 1. The summed E-state index contributed by atoms with van der Waals surface area (Å²) in [7, 11) is 0. The molecule has 0 spiro atoms. The van der Waals surface area contributed by atoms with Gasteiger partial charge >= 0.3 is 5.97 Å². The minimum atomic E-state index is -0.914. The molecule has 0 aliphatic carbocycles. The van der Waals surface area contributed by atoms with Crippen LogP contribution in [0.15, 0.2) is 18.2 Å². The number of benzene rings is 1. The number of aromatic nitrogens is 1. The number of aryl methyl sites for hydroxylation is 1. The summed E-state index contributed by atoms with van der Waals surface area (Å²) in [4.78, 5) is 13.7. The number of H-pyrrole nitrogens is 1. The van der Waals surface area contributed by atoms with Crippen LogP contribution < -0.4 is 0 Å². The van der Waals surface area contributed by atoms with Gasteiger partial charge in [0, 0.05) is 10.9 Å². The molecule has 14 heavy (non-hydrogen) atoms. The lowest BCUT2D eigenvalue weighted by molar-refractivity contribution is 0.0690. The molecule has 0 aliphatic rings. The molecule has 0 saturated carbocycles.